The number of halogens is 1. The Labute approximate surface area is 164 Å². The summed E-state index contributed by atoms with van der Waals surface area (Å²) >= 11 is 6.02. The van der Waals surface area contributed by atoms with Crippen LogP contribution in [0.1, 0.15) is 45.5 Å². The lowest BCUT2D eigenvalue weighted by molar-refractivity contribution is 0.0888. The van der Waals surface area contributed by atoms with Gasteiger partial charge in [-0.1, -0.05) is 91.3 Å². The number of benzene rings is 3. The zero-order chi connectivity index (χ0) is 19.2. The first kappa shape index (κ1) is 19.1. The molecule has 3 heteroatoms. The molecule has 0 fully saturated rings. The molecule has 3 aromatic rings. The van der Waals surface area contributed by atoms with E-state index in [1.54, 1.807) is 12.1 Å². The van der Waals surface area contributed by atoms with E-state index in [1.165, 1.54) is 0 Å². The highest BCUT2D eigenvalue weighted by atomic mass is 35.5. The van der Waals surface area contributed by atoms with Gasteiger partial charge in [-0.2, -0.15) is 0 Å². The number of hydrogen-bond donors (Lipinski definition) is 0. The molecule has 136 valence electrons. The summed E-state index contributed by atoms with van der Waals surface area (Å²) in [6.07, 6.45) is 0.269. The van der Waals surface area contributed by atoms with Crippen LogP contribution in [0, 0.1) is 5.92 Å². The van der Waals surface area contributed by atoms with Crippen molar-refractivity contribution in [1.82, 2.24) is 0 Å². The Balaban J connectivity index is 1.91. The van der Waals surface area contributed by atoms with Gasteiger partial charge in [0.15, 0.2) is 11.6 Å². The van der Waals surface area contributed by atoms with Crippen LogP contribution in [0.25, 0.3) is 0 Å². The van der Waals surface area contributed by atoms with Crippen molar-refractivity contribution >= 4 is 23.2 Å². The highest BCUT2D eigenvalue weighted by Gasteiger charge is 2.28. The predicted molar refractivity (Wildman–Crippen MR) is 110 cm³/mol. The lowest BCUT2D eigenvalue weighted by Gasteiger charge is -2.23. The van der Waals surface area contributed by atoms with Crippen molar-refractivity contribution in [3.63, 3.8) is 0 Å². The monoisotopic (exact) mass is 376 g/mol. The van der Waals surface area contributed by atoms with Crippen LogP contribution in [0.5, 0.6) is 0 Å². The molecule has 0 bridgehead atoms. The Morgan fingerprint density at radius 2 is 1.30 bits per heavy atom. The smallest absolute Gasteiger partial charge is 0.166 e. The van der Waals surface area contributed by atoms with Crippen LogP contribution in [-0.4, -0.2) is 11.6 Å². The van der Waals surface area contributed by atoms with Gasteiger partial charge in [-0.05, 0) is 17.7 Å². The van der Waals surface area contributed by atoms with Crippen molar-refractivity contribution in [2.45, 2.75) is 19.3 Å². The summed E-state index contributed by atoms with van der Waals surface area (Å²) in [5.41, 5.74) is 2.27. The fourth-order valence-electron chi connectivity index (χ4n) is 3.28. The van der Waals surface area contributed by atoms with E-state index in [9.17, 15) is 9.59 Å². The Hall–Kier alpha value is -2.71. The number of ketones is 2. The molecule has 2 atom stereocenters. The average molecular weight is 377 g/mol. The minimum absolute atomic E-state index is 0.0308. The molecule has 0 heterocycles. The Morgan fingerprint density at radius 1 is 0.778 bits per heavy atom. The summed E-state index contributed by atoms with van der Waals surface area (Å²) in [4.78, 5) is 25.8. The van der Waals surface area contributed by atoms with Crippen LogP contribution in [-0.2, 0) is 0 Å². The molecule has 3 aromatic carbocycles. The van der Waals surface area contributed by atoms with Gasteiger partial charge >= 0.3 is 0 Å². The summed E-state index contributed by atoms with van der Waals surface area (Å²) in [5, 5.41) is 0.633. The molecule has 2 unspecified atom stereocenters. The summed E-state index contributed by atoms with van der Waals surface area (Å²) in [6.45, 7) is 1.90. The van der Waals surface area contributed by atoms with Gasteiger partial charge in [0.05, 0.1) is 0 Å². The summed E-state index contributed by atoms with van der Waals surface area (Å²) in [6, 6.07) is 25.8. The summed E-state index contributed by atoms with van der Waals surface area (Å²) < 4.78 is 0. The van der Waals surface area contributed by atoms with E-state index in [2.05, 4.69) is 0 Å². The Kier molecular flexibility index (Phi) is 6.20. The Bertz CT molecular complexity index is 902. The van der Waals surface area contributed by atoms with E-state index in [0.29, 0.717) is 16.1 Å². The number of Topliss-reactive ketones (excluding diaryl/α,β-unsaturated/α-hetero) is 2. The van der Waals surface area contributed by atoms with Crippen molar-refractivity contribution < 1.29 is 9.59 Å². The highest BCUT2D eigenvalue weighted by Crippen LogP contribution is 2.32. The van der Waals surface area contributed by atoms with Gasteiger partial charge in [0.25, 0.3) is 0 Å². The molecule has 3 rings (SSSR count). The number of rotatable bonds is 7. The third kappa shape index (κ3) is 4.72. The molecule has 0 N–H and O–H groups in total. The minimum atomic E-state index is -0.332. The minimum Gasteiger partial charge on any atom is -0.294 e. The second-order valence-corrected chi connectivity index (χ2v) is 7.11. The van der Waals surface area contributed by atoms with Crippen molar-refractivity contribution in [3.8, 4) is 0 Å². The number of carbonyl (C=O) groups is 2. The molecular formula is C24H21ClO2. The Morgan fingerprint density at radius 3 is 1.85 bits per heavy atom. The quantitative estimate of drug-likeness (QED) is 0.459. The van der Waals surface area contributed by atoms with E-state index < -0.39 is 0 Å². The van der Waals surface area contributed by atoms with E-state index in [1.807, 2.05) is 79.7 Å². The molecule has 0 amide bonds. The van der Waals surface area contributed by atoms with Crippen molar-refractivity contribution in [2.24, 2.45) is 5.92 Å². The predicted octanol–water partition coefficient (Wildman–Crippen LogP) is 6.22. The van der Waals surface area contributed by atoms with E-state index in [-0.39, 0.29) is 29.8 Å². The zero-order valence-corrected chi connectivity index (χ0v) is 15.9. The van der Waals surface area contributed by atoms with Crippen LogP contribution in [0.4, 0.5) is 0 Å². The highest BCUT2D eigenvalue weighted by molar-refractivity contribution is 6.30. The lowest BCUT2D eigenvalue weighted by atomic mass is 9.79. The molecule has 0 aliphatic rings. The maximum Gasteiger partial charge on any atom is 0.166 e. The van der Waals surface area contributed by atoms with Crippen LogP contribution in [0.3, 0.4) is 0 Å². The fourth-order valence-corrected chi connectivity index (χ4v) is 3.41. The second kappa shape index (κ2) is 8.79. The lowest BCUT2D eigenvalue weighted by Crippen LogP contribution is -2.22. The van der Waals surface area contributed by atoms with Gasteiger partial charge in [-0.15, -0.1) is 0 Å². The molecular weight excluding hydrogens is 356 g/mol. The standard InChI is InChI=1S/C24H21ClO2/c1-17(24(27)20-10-6-3-7-11-20)22(18-12-14-21(25)15-13-18)16-23(26)19-8-4-2-5-9-19/h2-15,17,22H,16H2,1H3. The van der Waals surface area contributed by atoms with E-state index in [4.69, 9.17) is 11.6 Å². The first-order chi connectivity index (χ1) is 13.1. The zero-order valence-electron chi connectivity index (χ0n) is 15.1. The molecule has 0 aromatic heterocycles. The molecule has 0 saturated carbocycles. The van der Waals surface area contributed by atoms with Crippen LogP contribution >= 0.6 is 11.6 Å². The third-order valence-electron chi connectivity index (χ3n) is 4.87. The van der Waals surface area contributed by atoms with Crippen molar-refractivity contribution in [3.05, 3.63) is 107 Å². The molecule has 27 heavy (non-hydrogen) atoms. The maximum atomic E-state index is 13.0. The number of hydrogen-bond acceptors (Lipinski definition) is 2. The van der Waals surface area contributed by atoms with Crippen molar-refractivity contribution in [1.29, 1.82) is 0 Å². The van der Waals surface area contributed by atoms with Crippen molar-refractivity contribution in [2.75, 3.05) is 0 Å². The second-order valence-electron chi connectivity index (χ2n) is 6.67. The molecule has 2 nitrogen and oxygen atoms in total. The largest absolute Gasteiger partial charge is 0.294 e. The summed E-state index contributed by atoms with van der Waals surface area (Å²) in [7, 11) is 0. The van der Waals surface area contributed by atoms with Gasteiger partial charge in [-0.25, -0.2) is 0 Å². The molecule has 0 aliphatic carbocycles. The van der Waals surface area contributed by atoms with Crippen LogP contribution < -0.4 is 0 Å². The van der Waals surface area contributed by atoms with E-state index in [0.717, 1.165) is 5.56 Å². The van der Waals surface area contributed by atoms with Gasteiger partial charge in [0, 0.05) is 34.4 Å². The third-order valence-corrected chi connectivity index (χ3v) is 5.13. The van der Waals surface area contributed by atoms with Crippen LogP contribution in [0.15, 0.2) is 84.9 Å². The molecule has 0 aliphatic heterocycles. The molecule has 0 saturated heterocycles. The normalized spacial score (nSPS) is 13.0. The van der Waals surface area contributed by atoms with Gasteiger partial charge in [0.2, 0.25) is 0 Å². The van der Waals surface area contributed by atoms with Gasteiger partial charge < -0.3 is 0 Å². The SMILES string of the molecule is CC(C(=O)c1ccccc1)C(CC(=O)c1ccccc1)c1ccc(Cl)cc1. The first-order valence-electron chi connectivity index (χ1n) is 8.99. The maximum absolute atomic E-state index is 13.0. The number of carbonyl (C=O) groups excluding carboxylic acids is 2. The van der Waals surface area contributed by atoms with Gasteiger partial charge in [0.1, 0.15) is 0 Å². The van der Waals surface area contributed by atoms with E-state index >= 15 is 0 Å². The molecule has 0 spiro atoms. The average Bonchev–Trinajstić information content (AvgIpc) is 2.73. The van der Waals surface area contributed by atoms with Gasteiger partial charge in [-0.3, -0.25) is 9.59 Å². The summed E-state index contributed by atoms with van der Waals surface area (Å²) in [5.74, 6) is -0.483. The molecule has 0 radical (unpaired) electrons. The first-order valence-corrected chi connectivity index (χ1v) is 9.37. The topological polar surface area (TPSA) is 34.1 Å². The van der Waals surface area contributed by atoms with Crippen LogP contribution in [0.2, 0.25) is 5.02 Å². The fraction of sp³-hybridized carbons (Fsp3) is 0.167.